The Kier molecular flexibility index (Phi) is 4.86. The summed E-state index contributed by atoms with van der Waals surface area (Å²) in [5, 5.41) is 44.1. The molecule has 2 aromatic rings. The van der Waals surface area contributed by atoms with Gasteiger partial charge in [0.15, 0.2) is 11.4 Å². The highest BCUT2D eigenvalue weighted by Crippen LogP contribution is 2.53. The number of fused-ring (bicyclic) bond motifs is 3. The summed E-state index contributed by atoms with van der Waals surface area (Å²) in [6.07, 6.45) is -0.0801. The van der Waals surface area contributed by atoms with Crippen molar-refractivity contribution in [3.8, 4) is 16.9 Å². The van der Waals surface area contributed by atoms with Crippen LogP contribution in [0.1, 0.15) is 24.0 Å². The maximum Gasteiger partial charge on any atom is 0.255 e. The third-order valence-electron chi connectivity index (χ3n) is 7.11. The third kappa shape index (κ3) is 2.85. The standard InChI is InChI=1S/C25H20ClNO7/c26-15-4-2-1-3-13(15)12-5-6-16(28)19-14(12)8-10-7-11-9-17(29)20(24(27)33)23(32)25(11,34)22(31)18(10)21(19)30/h1-6,10-11,28,30,32,34H,7-9H2,(H2,27,33)/t10-,11+,25+/m1/s1. The van der Waals surface area contributed by atoms with Crippen molar-refractivity contribution in [1.29, 1.82) is 0 Å². The molecule has 3 aliphatic rings. The summed E-state index contributed by atoms with van der Waals surface area (Å²) in [6.45, 7) is 0. The molecule has 3 aliphatic carbocycles. The minimum absolute atomic E-state index is 0.0320. The van der Waals surface area contributed by atoms with Crippen molar-refractivity contribution >= 4 is 34.8 Å². The maximum absolute atomic E-state index is 13.5. The number of ketones is 2. The van der Waals surface area contributed by atoms with Gasteiger partial charge in [0.1, 0.15) is 22.8 Å². The van der Waals surface area contributed by atoms with Crippen molar-refractivity contribution in [2.24, 2.45) is 17.6 Å². The van der Waals surface area contributed by atoms with Crippen molar-refractivity contribution in [1.82, 2.24) is 0 Å². The predicted molar refractivity (Wildman–Crippen MR) is 122 cm³/mol. The number of aromatic hydroxyl groups is 1. The Bertz CT molecular complexity index is 1380. The molecule has 0 radical (unpaired) electrons. The van der Waals surface area contributed by atoms with Gasteiger partial charge < -0.3 is 26.2 Å². The highest BCUT2D eigenvalue weighted by atomic mass is 35.5. The normalized spacial score (nSPS) is 26.2. The molecule has 1 saturated carbocycles. The van der Waals surface area contributed by atoms with E-state index in [1.165, 1.54) is 6.07 Å². The van der Waals surface area contributed by atoms with E-state index in [-0.39, 0.29) is 36.1 Å². The van der Waals surface area contributed by atoms with Crippen molar-refractivity contribution < 1.29 is 34.8 Å². The van der Waals surface area contributed by atoms with Gasteiger partial charge in [-0.2, -0.15) is 0 Å². The molecule has 3 atom stereocenters. The SMILES string of the molecule is NC(=O)C1=C(O)[C@@]2(O)C(=O)C3=C(O)c4c(O)ccc(-c5ccccc5Cl)c4C[C@H]3C[C@H]2CC1=O. The lowest BCUT2D eigenvalue weighted by molar-refractivity contribution is -0.147. The van der Waals surface area contributed by atoms with Crippen molar-refractivity contribution in [2.45, 2.75) is 24.9 Å². The first-order valence-corrected chi connectivity index (χ1v) is 11.0. The Morgan fingerprint density at radius 3 is 2.41 bits per heavy atom. The highest BCUT2D eigenvalue weighted by molar-refractivity contribution is 6.33. The van der Waals surface area contributed by atoms with Crippen LogP contribution in [0, 0.1) is 11.8 Å². The van der Waals surface area contributed by atoms with E-state index in [2.05, 4.69) is 0 Å². The quantitative estimate of drug-likeness (QED) is 0.412. The van der Waals surface area contributed by atoms with E-state index in [4.69, 9.17) is 17.3 Å². The van der Waals surface area contributed by atoms with Gasteiger partial charge in [-0.3, -0.25) is 14.4 Å². The molecule has 8 nitrogen and oxygen atoms in total. The molecule has 5 rings (SSSR count). The van der Waals surface area contributed by atoms with Crippen LogP contribution >= 0.6 is 11.6 Å². The molecule has 0 heterocycles. The van der Waals surface area contributed by atoms with Crippen LogP contribution in [0.2, 0.25) is 5.02 Å². The molecule has 0 aliphatic heterocycles. The average Bonchev–Trinajstić information content (AvgIpc) is 2.77. The first-order valence-electron chi connectivity index (χ1n) is 10.6. The molecule has 2 aromatic carbocycles. The lowest BCUT2D eigenvalue weighted by Gasteiger charge is -2.46. The van der Waals surface area contributed by atoms with Gasteiger partial charge in [0.25, 0.3) is 5.91 Å². The molecular weight excluding hydrogens is 462 g/mol. The molecule has 0 unspecified atom stereocenters. The number of phenolic OH excluding ortho intramolecular Hbond substituents is 1. The van der Waals surface area contributed by atoms with Gasteiger partial charge in [0, 0.05) is 28.5 Å². The number of rotatable bonds is 2. The summed E-state index contributed by atoms with van der Waals surface area (Å²) < 4.78 is 0. The minimum Gasteiger partial charge on any atom is -0.508 e. The number of amides is 1. The Balaban J connectivity index is 1.73. The fourth-order valence-electron chi connectivity index (χ4n) is 5.55. The summed E-state index contributed by atoms with van der Waals surface area (Å²) in [5.74, 6) is -6.54. The molecule has 174 valence electrons. The van der Waals surface area contributed by atoms with E-state index < -0.39 is 52.0 Å². The molecule has 9 heteroatoms. The number of phenols is 1. The van der Waals surface area contributed by atoms with Crippen molar-refractivity contribution in [3.63, 3.8) is 0 Å². The van der Waals surface area contributed by atoms with E-state index in [1.54, 1.807) is 30.3 Å². The third-order valence-corrected chi connectivity index (χ3v) is 7.44. The van der Waals surface area contributed by atoms with E-state index in [1.807, 2.05) is 0 Å². The largest absolute Gasteiger partial charge is 0.508 e. The van der Waals surface area contributed by atoms with Crippen LogP contribution in [-0.2, 0) is 20.8 Å². The van der Waals surface area contributed by atoms with Crippen LogP contribution in [0.3, 0.4) is 0 Å². The van der Waals surface area contributed by atoms with Crippen LogP contribution in [0.25, 0.3) is 16.9 Å². The summed E-state index contributed by atoms with van der Waals surface area (Å²) in [4.78, 5) is 37.7. The van der Waals surface area contributed by atoms with E-state index in [0.717, 1.165) is 0 Å². The summed E-state index contributed by atoms with van der Waals surface area (Å²) >= 11 is 6.39. The Morgan fingerprint density at radius 2 is 1.74 bits per heavy atom. The minimum atomic E-state index is -2.58. The zero-order valence-corrected chi connectivity index (χ0v) is 18.5. The number of hydrogen-bond donors (Lipinski definition) is 5. The van der Waals surface area contributed by atoms with Crippen LogP contribution in [0.5, 0.6) is 5.75 Å². The Labute approximate surface area is 198 Å². The molecule has 0 bridgehead atoms. The second-order valence-electron chi connectivity index (χ2n) is 8.87. The number of nitrogens with two attached hydrogens (primary N) is 1. The lowest BCUT2D eigenvalue weighted by atomic mass is 9.59. The predicted octanol–water partition coefficient (Wildman–Crippen LogP) is 2.74. The monoisotopic (exact) mass is 481 g/mol. The molecule has 1 amide bonds. The molecule has 0 saturated heterocycles. The number of benzene rings is 2. The molecule has 0 spiro atoms. The van der Waals surface area contributed by atoms with Crippen molar-refractivity contribution in [3.05, 3.63) is 69.5 Å². The zero-order valence-electron chi connectivity index (χ0n) is 17.7. The van der Waals surface area contributed by atoms with Gasteiger partial charge in [-0.05, 0) is 42.0 Å². The van der Waals surface area contributed by atoms with Crippen LogP contribution in [0.15, 0.2) is 53.3 Å². The van der Waals surface area contributed by atoms with Gasteiger partial charge in [-0.1, -0.05) is 35.9 Å². The number of halogens is 1. The number of Topliss-reactive ketones (excluding diaryl/α,β-unsaturated/α-hetero) is 2. The molecular formula is C25H20ClNO7. The summed E-state index contributed by atoms with van der Waals surface area (Å²) in [7, 11) is 0. The number of hydrogen-bond acceptors (Lipinski definition) is 7. The van der Waals surface area contributed by atoms with E-state index in [0.29, 0.717) is 21.7 Å². The molecule has 6 N–H and O–H groups in total. The Hall–Kier alpha value is -3.62. The second-order valence-corrected chi connectivity index (χ2v) is 9.28. The van der Waals surface area contributed by atoms with E-state index >= 15 is 0 Å². The lowest BCUT2D eigenvalue weighted by Crippen LogP contribution is -2.58. The zero-order chi connectivity index (χ0) is 24.5. The van der Waals surface area contributed by atoms with Crippen molar-refractivity contribution in [2.75, 3.05) is 0 Å². The number of aliphatic hydroxyl groups is 3. The fraction of sp³-hybridized carbons (Fsp3) is 0.240. The maximum atomic E-state index is 13.5. The first kappa shape index (κ1) is 22.2. The fourth-order valence-corrected chi connectivity index (χ4v) is 5.79. The van der Waals surface area contributed by atoms with Crippen LogP contribution in [0.4, 0.5) is 0 Å². The van der Waals surface area contributed by atoms with Crippen LogP contribution in [-0.4, -0.2) is 43.5 Å². The molecule has 0 aromatic heterocycles. The molecule has 1 fully saturated rings. The Morgan fingerprint density at radius 1 is 1.03 bits per heavy atom. The van der Waals surface area contributed by atoms with E-state index in [9.17, 15) is 34.8 Å². The highest BCUT2D eigenvalue weighted by Gasteiger charge is 2.60. The number of aliphatic hydroxyl groups excluding tert-OH is 2. The van der Waals surface area contributed by atoms with Gasteiger partial charge in [0.2, 0.25) is 5.78 Å². The van der Waals surface area contributed by atoms with Gasteiger partial charge in [0.05, 0.1) is 5.56 Å². The average molecular weight is 482 g/mol. The molecule has 34 heavy (non-hydrogen) atoms. The summed E-state index contributed by atoms with van der Waals surface area (Å²) in [5.41, 5.74) is 3.56. The second kappa shape index (κ2) is 7.44. The smallest absolute Gasteiger partial charge is 0.255 e. The number of primary amides is 1. The number of carbonyl (C=O) groups is 3. The topological polar surface area (TPSA) is 158 Å². The van der Waals surface area contributed by atoms with Gasteiger partial charge in [-0.15, -0.1) is 0 Å². The number of carbonyl (C=O) groups excluding carboxylic acids is 3. The van der Waals surface area contributed by atoms with Gasteiger partial charge in [-0.25, -0.2) is 0 Å². The summed E-state index contributed by atoms with van der Waals surface area (Å²) in [6, 6.07) is 10.1. The first-order chi connectivity index (χ1) is 16.1. The van der Waals surface area contributed by atoms with Gasteiger partial charge >= 0.3 is 0 Å². The van der Waals surface area contributed by atoms with Crippen LogP contribution < -0.4 is 5.73 Å².